The Morgan fingerprint density at radius 2 is 1.22 bits per heavy atom. The van der Waals surface area contributed by atoms with Gasteiger partial charge < -0.3 is 10.6 Å². The van der Waals surface area contributed by atoms with Crippen LogP contribution in [0, 0.1) is 11.8 Å². The Morgan fingerprint density at radius 1 is 0.688 bits per heavy atom. The first-order chi connectivity index (χ1) is 15.5. The summed E-state index contributed by atoms with van der Waals surface area (Å²) in [5.41, 5.74) is 0.190. The topological polar surface area (TPSA) is 30.5 Å². The van der Waals surface area contributed by atoms with Crippen molar-refractivity contribution in [2.75, 3.05) is 52.5 Å². The van der Waals surface area contributed by atoms with Crippen LogP contribution in [-0.2, 0) is 0 Å². The average molecular weight is 453 g/mol. The van der Waals surface area contributed by atoms with Gasteiger partial charge >= 0.3 is 0 Å². The molecule has 0 spiro atoms. The molecule has 1 rings (SSSR count). The number of hydrogen-bond donors (Lipinski definition) is 2. The predicted octanol–water partition coefficient (Wildman–Crippen LogP) is 6.12. The van der Waals surface area contributed by atoms with Crippen molar-refractivity contribution >= 4 is 0 Å². The molecule has 192 valence electrons. The van der Waals surface area contributed by atoms with Crippen molar-refractivity contribution in [3.05, 3.63) is 0 Å². The highest BCUT2D eigenvalue weighted by molar-refractivity contribution is 4.94. The van der Waals surface area contributed by atoms with E-state index < -0.39 is 0 Å². The average Bonchev–Trinajstić information content (AvgIpc) is 2.78. The van der Waals surface area contributed by atoms with Gasteiger partial charge in [0.25, 0.3) is 0 Å². The molecule has 4 heteroatoms. The van der Waals surface area contributed by atoms with Crippen LogP contribution in [0.3, 0.4) is 0 Å². The molecule has 4 nitrogen and oxygen atoms in total. The fourth-order valence-electron chi connectivity index (χ4n) is 5.42. The zero-order chi connectivity index (χ0) is 23.7. The van der Waals surface area contributed by atoms with Crippen molar-refractivity contribution in [1.29, 1.82) is 0 Å². The first-order valence-electron chi connectivity index (χ1n) is 14.4. The molecule has 32 heavy (non-hydrogen) atoms. The number of nitrogens with one attached hydrogen (secondary N) is 2. The Balaban J connectivity index is 2.68. The Bertz CT molecular complexity index is 402. The summed E-state index contributed by atoms with van der Waals surface area (Å²) in [6.45, 7) is 23.6. The van der Waals surface area contributed by atoms with E-state index in [1.807, 2.05) is 0 Å². The first kappa shape index (κ1) is 29.9. The molecule has 2 atom stereocenters. The number of rotatable bonds is 20. The molecule has 0 aromatic heterocycles. The largest absolute Gasteiger partial charge is 0.315 e. The molecule has 1 aliphatic rings. The molecule has 0 saturated carbocycles. The minimum absolute atomic E-state index is 0.190. The van der Waals surface area contributed by atoms with Crippen LogP contribution in [0.15, 0.2) is 0 Å². The molecule has 1 saturated heterocycles. The quantitative estimate of drug-likeness (QED) is 0.218. The standard InChI is InChI=1S/C28H60N4/c1-7-12-15-18-29-19-20-30-28(6)23-31(21-26(10-4)16-13-8-2)25-32(24-28)22-27(11-5)17-14-9-3/h26-27,29-30H,7-25H2,1-6H3. The maximum atomic E-state index is 3.97. The molecule has 0 aromatic carbocycles. The van der Waals surface area contributed by atoms with Crippen LogP contribution in [0.2, 0.25) is 0 Å². The zero-order valence-corrected chi connectivity index (χ0v) is 23.0. The lowest BCUT2D eigenvalue weighted by Gasteiger charge is -2.48. The lowest BCUT2D eigenvalue weighted by Crippen LogP contribution is -2.65. The van der Waals surface area contributed by atoms with E-state index in [0.717, 1.165) is 38.1 Å². The highest BCUT2D eigenvalue weighted by Gasteiger charge is 2.35. The third kappa shape index (κ3) is 12.9. The van der Waals surface area contributed by atoms with Gasteiger partial charge in [-0.15, -0.1) is 0 Å². The normalized spacial score (nSPS) is 22.3. The Labute approximate surface area is 202 Å². The molecule has 0 bridgehead atoms. The number of nitrogens with zero attached hydrogens (tertiary/aromatic N) is 2. The summed E-state index contributed by atoms with van der Waals surface area (Å²) in [4.78, 5) is 5.56. The second-order valence-corrected chi connectivity index (χ2v) is 10.9. The maximum absolute atomic E-state index is 3.97. The van der Waals surface area contributed by atoms with Crippen molar-refractivity contribution in [3.63, 3.8) is 0 Å². The van der Waals surface area contributed by atoms with Crippen molar-refractivity contribution < 1.29 is 0 Å². The lowest BCUT2D eigenvalue weighted by atomic mass is 9.93. The highest BCUT2D eigenvalue weighted by Crippen LogP contribution is 2.23. The monoisotopic (exact) mass is 452 g/mol. The summed E-state index contributed by atoms with van der Waals surface area (Å²) in [6, 6.07) is 0. The van der Waals surface area contributed by atoms with Gasteiger partial charge in [0.2, 0.25) is 0 Å². The van der Waals surface area contributed by atoms with E-state index in [1.165, 1.54) is 96.8 Å². The Morgan fingerprint density at radius 3 is 1.69 bits per heavy atom. The van der Waals surface area contributed by atoms with E-state index in [1.54, 1.807) is 0 Å². The third-order valence-corrected chi connectivity index (χ3v) is 7.48. The number of unbranched alkanes of at least 4 members (excludes halogenated alkanes) is 4. The van der Waals surface area contributed by atoms with E-state index in [4.69, 9.17) is 0 Å². The summed E-state index contributed by atoms with van der Waals surface area (Å²) in [5.74, 6) is 1.70. The second kappa shape index (κ2) is 18.2. The molecular weight excluding hydrogens is 392 g/mol. The molecular formula is C28H60N4. The van der Waals surface area contributed by atoms with Gasteiger partial charge in [-0.2, -0.15) is 0 Å². The van der Waals surface area contributed by atoms with Crippen LogP contribution >= 0.6 is 0 Å². The summed E-state index contributed by atoms with van der Waals surface area (Å²) in [5, 5.41) is 7.61. The van der Waals surface area contributed by atoms with Crippen molar-refractivity contribution in [2.45, 2.75) is 118 Å². The molecule has 0 aliphatic carbocycles. The van der Waals surface area contributed by atoms with E-state index in [-0.39, 0.29) is 5.54 Å². The van der Waals surface area contributed by atoms with Gasteiger partial charge in [-0.25, -0.2) is 0 Å². The van der Waals surface area contributed by atoms with Gasteiger partial charge in [0.15, 0.2) is 0 Å². The molecule has 0 amide bonds. The Kier molecular flexibility index (Phi) is 17.0. The first-order valence-corrected chi connectivity index (χ1v) is 14.4. The molecule has 0 aromatic rings. The van der Waals surface area contributed by atoms with Crippen LogP contribution in [0.1, 0.15) is 112 Å². The van der Waals surface area contributed by atoms with Crippen LogP contribution in [-0.4, -0.2) is 67.8 Å². The van der Waals surface area contributed by atoms with Crippen LogP contribution in [0.25, 0.3) is 0 Å². The minimum Gasteiger partial charge on any atom is -0.315 e. The fourth-order valence-corrected chi connectivity index (χ4v) is 5.42. The van der Waals surface area contributed by atoms with Gasteiger partial charge in [0.1, 0.15) is 0 Å². The van der Waals surface area contributed by atoms with E-state index in [9.17, 15) is 0 Å². The molecule has 1 fully saturated rings. The summed E-state index contributed by atoms with van der Waals surface area (Å²) >= 11 is 0. The SMILES string of the molecule is CCCCCNCCNC1(C)CN(CC(CC)CCCC)CN(CC(CC)CCCC)C1. The van der Waals surface area contributed by atoms with Crippen LogP contribution < -0.4 is 10.6 Å². The Hall–Kier alpha value is -0.160. The molecule has 2 N–H and O–H groups in total. The highest BCUT2D eigenvalue weighted by atomic mass is 15.4. The van der Waals surface area contributed by atoms with Crippen LogP contribution in [0.4, 0.5) is 0 Å². The maximum Gasteiger partial charge on any atom is 0.0507 e. The van der Waals surface area contributed by atoms with Gasteiger partial charge in [0, 0.05) is 44.8 Å². The van der Waals surface area contributed by atoms with Crippen LogP contribution in [0.5, 0.6) is 0 Å². The van der Waals surface area contributed by atoms with E-state index in [2.05, 4.69) is 62.0 Å². The third-order valence-electron chi connectivity index (χ3n) is 7.48. The van der Waals surface area contributed by atoms with Crippen molar-refractivity contribution in [2.24, 2.45) is 11.8 Å². The molecule has 1 heterocycles. The number of hydrogen-bond acceptors (Lipinski definition) is 4. The van der Waals surface area contributed by atoms with E-state index >= 15 is 0 Å². The van der Waals surface area contributed by atoms with Crippen molar-refractivity contribution in [1.82, 2.24) is 20.4 Å². The summed E-state index contributed by atoms with van der Waals surface area (Å²) in [7, 11) is 0. The predicted molar refractivity (Wildman–Crippen MR) is 143 cm³/mol. The molecule has 0 radical (unpaired) electrons. The zero-order valence-electron chi connectivity index (χ0n) is 23.0. The van der Waals surface area contributed by atoms with Gasteiger partial charge in [-0.05, 0) is 44.6 Å². The van der Waals surface area contributed by atoms with Gasteiger partial charge in [-0.1, -0.05) is 86.0 Å². The van der Waals surface area contributed by atoms with E-state index in [0.29, 0.717) is 0 Å². The summed E-state index contributed by atoms with van der Waals surface area (Å²) < 4.78 is 0. The lowest BCUT2D eigenvalue weighted by molar-refractivity contribution is 0.00520. The molecule has 2 unspecified atom stereocenters. The smallest absolute Gasteiger partial charge is 0.0507 e. The second-order valence-electron chi connectivity index (χ2n) is 10.9. The van der Waals surface area contributed by atoms with Crippen molar-refractivity contribution in [3.8, 4) is 0 Å². The fraction of sp³-hybridized carbons (Fsp3) is 1.00. The minimum atomic E-state index is 0.190. The van der Waals surface area contributed by atoms with Gasteiger partial charge in [-0.3, -0.25) is 9.80 Å². The van der Waals surface area contributed by atoms with Gasteiger partial charge in [0.05, 0.1) is 6.67 Å². The molecule has 1 aliphatic heterocycles. The summed E-state index contributed by atoms with van der Waals surface area (Å²) in [6.07, 6.45) is 14.8.